The predicted octanol–water partition coefficient (Wildman–Crippen LogP) is 3.79. The second-order valence-electron chi connectivity index (χ2n) is 5.58. The molecule has 6 nitrogen and oxygen atoms in total. The van der Waals surface area contributed by atoms with Gasteiger partial charge in [0.15, 0.2) is 5.75 Å². The Bertz CT molecular complexity index is 717. The minimum absolute atomic E-state index is 0.0319. The van der Waals surface area contributed by atoms with Crippen molar-refractivity contribution >= 4 is 22.9 Å². The van der Waals surface area contributed by atoms with Gasteiger partial charge in [-0.25, -0.2) is 0 Å². The average molecular weight is 346 g/mol. The van der Waals surface area contributed by atoms with Crippen molar-refractivity contribution in [2.75, 3.05) is 13.2 Å². The lowest BCUT2D eigenvalue weighted by Crippen LogP contribution is -2.31. The molecule has 1 aliphatic rings. The number of carbonyl (C=O) groups excluding carboxylic acids is 1. The van der Waals surface area contributed by atoms with Crippen LogP contribution in [0.4, 0.5) is 5.69 Å². The van der Waals surface area contributed by atoms with Crippen LogP contribution in [0, 0.1) is 10.1 Å². The van der Waals surface area contributed by atoms with Crippen molar-refractivity contribution in [1.29, 1.82) is 0 Å². The van der Waals surface area contributed by atoms with Crippen LogP contribution in [-0.4, -0.2) is 28.9 Å². The summed E-state index contributed by atoms with van der Waals surface area (Å²) < 4.78 is 5.47. The van der Waals surface area contributed by atoms with E-state index in [1.54, 1.807) is 29.5 Å². The lowest BCUT2D eigenvalue weighted by molar-refractivity contribution is -0.385. The molecule has 7 heteroatoms. The number of likely N-dealkylation sites (tertiary alicyclic amines) is 1. The third kappa shape index (κ3) is 3.56. The Hall–Kier alpha value is -2.41. The van der Waals surface area contributed by atoms with Crippen LogP contribution < -0.4 is 4.74 Å². The summed E-state index contributed by atoms with van der Waals surface area (Å²) >= 11 is 1.67. The fraction of sp³-hybridized carbons (Fsp3) is 0.353. The van der Waals surface area contributed by atoms with Crippen molar-refractivity contribution in [1.82, 2.24) is 4.90 Å². The van der Waals surface area contributed by atoms with Gasteiger partial charge in [0, 0.05) is 17.5 Å². The van der Waals surface area contributed by atoms with Crippen molar-refractivity contribution in [3.05, 3.63) is 56.8 Å². The quantitative estimate of drug-likeness (QED) is 0.589. The molecule has 1 saturated heterocycles. The van der Waals surface area contributed by atoms with Gasteiger partial charge in [0.25, 0.3) is 0 Å². The van der Waals surface area contributed by atoms with Crippen molar-refractivity contribution in [3.63, 3.8) is 0 Å². The molecule has 1 atom stereocenters. The first kappa shape index (κ1) is 16.4. The monoisotopic (exact) mass is 346 g/mol. The average Bonchev–Trinajstić information content (AvgIpc) is 3.26. The molecule has 0 unspecified atom stereocenters. The normalized spacial score (nSPS) is 17.0. The topological polar surface area (TPSA) is 72.7 Å². The van der Waals surface area contributed by atoms with Gasteiger partial charge in [-0.05, 0) is 30.4 Å². The SMILES string of the molecule is O=C(CCOc1ccccc1[N+](=O)[O-])N1CCC[C@H]1c1cccs1. The van der Waals surface area contributed by atoms with Crippen molar-refractivity contribution < 1.29 is 14.5 Å². The summed E-state index contributed by atoms with van der Waals surface area (Å²) in [6, 6.07) is 10.4. The Kier molecular flexibility index (Phi) is 5.10. The van der Waals surface area contributed by atoms with E-state index >= 15 is 0 Å². The number of nitrogens with zero attached hydrogens (tertiary/aromatic N) is 2. The standard InChI is InChI=1S/C17H18N2O4S/c20-17(18-10-3-6-14(18)16-8-4-12-24-16)9-11-23-15-7-2-1-5-13(15)19(21)22/h1-2,4-5,7-8,12,14H,3,6,9-11H2/t14-/m0/s1. The highest BCUT2D eigenvalue weighted by molar-refractivity contribution is 7.10. The largest absolute Gasteiger partial charge is 0.486 e. The Morgan fingerprint density at radius 3 is 2.92 bits per heavy atom. The summed E-state index contributed by atoms with van der Waals surface area (Å²) in [6.07, 6.45) is 2.20. The first-order chi connectivity index (χ1) is 11.7. The number of rotatable bonds is 6. The zero-order chi connectivity index (χ0) is 16.9. The summed E-state index contributed by atoms with van der Waals surface area (Å²) in [6.45, 7) is 0.893. The first-order valence-electron chi connectivity index (χ1n) is 7.86. The fourth-order valence-corrected chi connectivity index (χ4v) is 3.84. The highest BCUT2D eigenvalue weighted by Gasteiger charge is 2.30. The summed E-state index contributed by atoms with van der Waals surface area (Å²) in [5.74, 6) is 0.232. The molecule has 1 aliphatic heterocycles. The molecule has 0 N–H and O–H groups in total. The van der Waals surface area contributed by atoms with Crippen LogP contribution in [0.25, 0.3) is 0 Å². The number of ether oxygens (including phenoxy) is 1. The van der Waals surface area contributed by atoms with E-state index in [2.05, 4.69) is 6.07 Å². The van der Waals surface area contributed by atoms with Gasteiger partial charge in [0.1, 0.15) is 0 Å². The molecule has 1 aromatic heterocycles. The van der Waals surface area contributed by atoms with E-state index in [-0.39, 0.29) is 36.4 Å². The Morgan fingerprint density at radius 1 is 1.33 bits per heavy atom. The number of nitro groups is 1. The molecule has 3 rings (SSSR count). The third-order valence-corrected chi connectivity index (χ3v) is 5.05. The van der Waals surface area contributed by atoms with Crippen LogP contribution in [-0.2, 0) is 4.79 Å². The molecule has 0 aliphatic carbocycles. The fourth-order valence-electron chi connectivity index (χ4n) is 2.96. The molecule has 0 radical (unpaired) electrons. The van der Waals surface area contributed by atoms with Gasteiger partial charge in [-0.15, -0.1) is 11.3 Å². The van der Waals surface area contributed by atoms with Crippen molar-refractivity contribution in [2.45, 2.75) is 25.3 Å². The van der Waals surface area contributed by atoms with Gasteiger partial charge in [-0.1, -0.05) is 18.2 Å². The second kappa shape index (κ2) is 7.44. The summed E-state index contributed by atoms with van der Waals surface area (Å²) in [4.78, 5) is 26.1. The highest BCUT2D eigenvalue weighted by Crippen LogP contribution is 2.35. The minimum atomic E-state index is -0.482. The summed E-state index contributed by atoms with van der Waals surface area (Å²) in [7, 11) is 0. The van der Waals surface area contributed by atoms with E-state index in [0.717, 1.165) is 19.4 Å². The van der Waals surface area contributed by atoms with E-state index < -0.39 is 4.92 Å². The van der Waals surface area contributed by atoms with Crippen LogP contribution in [0.2, 0.25) is 0 Å². The number of hydrogen-bond donors (Lipinski definition) is 0. The van der Waals surface area contributed by atoms with E-state index in [1.165, 1.54) is 10.9 Å². The number of thiophene rings is 1. The Balaban J connectivity index is 1.57. The zero-order valence-corrected chi connectivity index (χ0v) is 13.9. The molecular formula is C17H18N2O4S. The van der Waals surface area contributed by atoms with Crippen LogP contribution in [0.3, 0.4) is 0 Å². The minimum Gasteiger partial charge on any atom is -0.486 e. The number of carbonyl (C=O) groups is 1. The maximum Gasteiger partial charge on any atom is 0.310 e. The number of para-hydroxylation sites is 2. The molecule has 2 heterocycles. The van der Waals surface area contributed by atoms with Crippen LogP contribution in [0.15, 0.2) is 41.8 Å². The lowest BCUT2D eigenvalue weighted by Gasteiger charge is -2.24. The Labute approximate surface area is 143 Å². The molecular weight excluding hydrogens is 328 g/mol. The Morgan fingerprint density at radius 2 is 2.17 bits per heavy atom. The third-order valence-electron chi connectivity index (χ3n) is 4.08. The van der Waals surface area contributed by atoms with Gasteiger partial charge in [-0.3, -0.25) is 14.9 Å². The van der Waals surface area contributed by atoms with Crippen LogP contribution in [0.5, 0.6) is 5.75 Å². The van der Waals surface area contributed by atoms with Crippen molar-refractivity contribution in [3.8, 4) is 5.75 Å². The van der Waals surface area contributed by atoms with E-state index in [1.807, 2.05) is 16.3 Å². The lowest BCUT2D eigenvalue weighted by atomic mass is 10.2. The molecule has 24 heavy (non-hydrogen) atoms. The van der Waals surface area contributed by atoms with Gasteiger partial charge >= 0.3 is 5.69 Å². The number of nitro benzene ring substituents is 1. The summed E-state index contributed by atoms with van der Waals surface area (Å²) in [5, 5.41) is 13.0. The van der Waals surface area contributed by atoms with E-state index in [0.29, 0.717) is 0 Å². The van der Waals surface area contributed by atoms with Crippen molar-refractivity contribution in [2.24, 2.45) is 0 Å². The van der Waals surface area contributed by atoms with Gasteiger partial charge in [0.05, 0.1) is 24.0 Å². The van der Waals surface area contributed by atoms with Crippen LogP contribution >= 0.6 is 11.3 Å². The van der Waals surface area contributed by atoms with Gasteiger partial charge < -0.3 is 9.64 Å². The van der Waals surface area contributed by atoms with Gasteiger partial charge in [-0.2, -0.15) is 0 Å². The zero-order valence-electron chi connectivity index (χ0n) is 13.1. The molecule has 126 valence electrons. The van der Waals surface area contributed by atoms with E-state index in [9.17, 15) is 14.9 Å². The maximum absolute atomic E-state index is 12.5. The molecule has 2 aromatic rings. The van der Waals surface area contributed by atoms with Crippen LogP contribution in [0.1, 0.15) is 30.2 Å². The summed E-state index contributed by atoms with van der Waals surface area (Å²) in [5.41, 5.74) is -0.0809. The molecule has 1 fully saturated rings. The second-order valence-corrected chi connectivity index (χ2v) is 6.56. The number of hydrogen-bond acceptors (Lipinski definition) is 5. The van der Waals surface area contributed by atoms with E-state index in [4.69, 9.17) is 4.74 Å². The molecule has 1 amide bonds. The molecule has 0 spiro atoms. The maximum atomic E-state index is 12.5. The number of benzene rings is 1. The molecule has 1 aromatic carbocycles. The predicted molar refractivity (Wildman–Crippen MR) is 91.2 cm³/mol. The smallest absolute Gasteiger partial charge is 0.310 e. The first-order valence-corrected chi connectivity index (χ1v) is 8.74. The molecule has 0 saturated carbocycles. The molecule has 0 bridgehead atoms. The highest BCUT2D eigenvalue weighted by atomic mass is 32.1. The van der Waals surface area contributed by atoms with Gasteiger partial charge in [0.2, 0.25) is 5.91 Å². The number of amides is 1.